The Morgan fingerprint density at radius 1 is 1.36 bits per heavy atom. The summed E-state index contributed by atoms with van der Waals surface area (Å²) in [6.45, 7) is 1.98. The molecule has 0 aliphatic heterocycles. The minimum atomic E-state index is -3.70. The fourth-order valence-electron chi connectivity index (χ4n) is 1.89. The van der Waals surface area contributed by atoms with E-state index in [4.69, 9.17) is 11.6 Å². The van der Waals surface area contributed by atoms with Crippen molar-refractivity contribution in [2.75, 3.05) is 0 Å². The summed E-state index contributed by atoms with van der Waals surface area (Å²) in [6.07, 6.45) is 1.93. The van der Waals surface area contributed by atoms with Gasteiger partial charge in [-0.3, -0.25) is 4.79 Å². The molecule has 1 aromatic carbocycles. The molecule has 3 rings (SSSR count). The van der Waals surface area contributed by atoms with Gasteiger partial charge in [0.2, 0.25) is 5.82 Å². The molecule has 0 saturated heterocycles. The normalized spacial score (nSPS) is 16.4. The molecular formula is C14H12ClF2N3O2. The van der Waals surface area contributed by atoms with Crippen LogP contribution in [0.3, 0.4) is 0 Å². The first-order chi connectivity index (χ1) is 10.3. The van der Waals surface area contributed by atoms with E-state index < -0.39 is 11.3 Å². The number of carbonyl (C=O) groups excluding carboxylic acids is 1. The van der Waals surface area contributed by atoms with Crippen molar-refractivity contribution in [3.8, 4) is 11.4 Å². The first-order valence-corrected chi connectivity index (χ1v) is 6.99. The predicted molar refractivity (Wildman–Crippen MR) is 74.6 cm³/mol. The first-order valence-electron chi connectivity index (χ1n) is 6.61. The highest BCUT2D eigenvalue weighted by Gasteiger charge is 2.39. The molecule has 5 nitrogen and oxygen atoms in total. The van der Waals surface area contributed by atoms with Crippen molar-refractivity contribution in [1.82, 2.24) is 15.5 Å². The molecule has 0 spiro atoms. The standard InChI is InChI=1S/C14H12ClF2N3O2/c1-13(6-7-13)19-11(21)9-4-2-8(3-5-9)10-18-12(22-20-10)14(15,16)17/h2-5H,6-7H2,1H3,(H,19,21). The molecule has 1 aromatic heterocycles. The molecule has 1 fully saturated rings. The number of aromatic nitrogens is 2. The van der Waals surface area contributed by atoms with Crippen molar-refractivity contribution in [3.63, 3.8) is 0 Å². The lowest BCUT2D eigenvalue weighted by Crippen LogP contribution is -2.34. The van der Waals surface area contributed by atoms with E-state index in [0.29, 0.717) is 11.1 Å². The van der Waals surface area contributed by atoms with Gasteiger partial charge in [-0.2, -0.15) is 13.8 Å². The maximum Gasteiger partial charge on any atom is 0.400 e. The van der Waals surface area contributed by atoms with Crippen LogP contribution in [0.4, 0.5) is 8.78 Å². The summed E-state index contributed by atoms with van der Waals surface area (Å²) < 4.78 is 30.1. The van der Waals surface area contributed by atoms with Gasteiger partial charge in [0.15, 0.2) is 0 Å². The zero-order chi connectivity index (χ0) is 16.0. The number of halogens is 3. The summed E-state index contributed by atoms with van der Waals surface area (Å²) in [6, 6.07) is 6.27. The summed E-state index contributed by atoms with van der Waals surface area (Å²) >= 11 is 4.81. The molecule has 0 bridgehead atoms. The summed E-state index contributed by atoms with van der Waals surface area (Å²) in [5.74, 6) is -1.16. The van der Waals surface area contributed by atoms with Crippen LogP contribution in [0, 0.1) is 0 Å². The average molecular weight is 328 g/mol. The number of rotatable bonds is 4. The molecular weight excluding hydrogens is 316 g/mol. The average Bonchev–Trinajstić information content (AvgIpc) is 2.99. The van der Waals surface area contributed by atoms with Crippen molar-refractivity contribution in [2.24, 2.45) is 0 Å². The molecule has 22 heavy (non-hydrogen) atoms. The van der Waals surface area contributed by atoms with Crippen LogP contribution < -0.4 is 5.32 Å². The first kappa shape index (κ1) is 14.9. The molecule has 8 heteroatoms. The highest BCUT2D eigenvalue weighted by Crippen LogP contribution is 2.35. The topological polar surface area (TPSA) is 68.0 Å². The van der Waals surface area contributed by atoms with Gasteiger partial charge >= 0.3 is 11.3 Å². The monoisotopic (exact) mass is 327 g/mol. The summed E-state index contributed by atoms with van der Waals surface area (Å²) in [5.41, 5.74) is 0.818. The van der Waals surface area contributed by atoms with Gasteiger partial charge in [0, 0.05) is 16.7 Å². The second kappa shape index (κ2) is 5.01. The number of amides is 1. The second-order valence-corrected chi connectivity index (χ2v) is 5.99. The fourth-order valence-corrected chi connectivity index (χ4v) is 1.96. The molecule has 1 N–H and O–H groups in total. The van der Waals surface area contributed by atoms with Crippen molar-refractivity contribution in [2.45, 2.75) is 30.7 Å². The van der Waals surface area contributed by atoms with E-state index in [1.807, 2.05) is 6.92 Å². The van der Waals surface area contributed by atoms with E-state index in [-0.39, 0.29) is 17.3 Å². The number of hydrogen-bond acceptors (Lipinski definition) is 4. The zero-order valence-electron chi connectivity index (χ0n) is 11.6. The van der Waals surface area contributed by atoms with E-state index in [1.54, 1.807) is 24.3 Å². The third-order valence-corrected chi connectivity index (χ3v) is 3.65. The molecule has 1 aliphatic rings. The van der Waals surface area contributed by atoms with Crippen molar-refractivity contribution in [3.05, 3.63) is 35.7 Å². The minimum Gasteiger partial charge on any atom is -0.347 e. The molecule has 2 aromatic rings. The van der Waals surface area contributed by atoms with Crippen LogP contribution in [-0.4, -0.2) is 21.6 Å². The van der Waals surface area contributed by atoms with Gasteiger partial charge in [-0.1, -0.05) is 17.3 Å². The molecule has 1 saturated carbocycles. The van der Waals surface area contributed by atoms with E-state index >= 15 is 0 Å². The number of hydrogen-bond donors (Lipinski definition) is 1. The van der Waals surface area contributed by atoms with Gasteiger partial charge in [0.25, 0.3) is 5.91 Å². The van der Waals surface area contributed by atoms with Crippen LogP contribution in [0.1, 0.15) is 36.0 Å². The van der Waals surface area contributed by atoms with Gasteiger partial charge in [-0.05, 0) is 43.5 Å². The Kier molecular flexibility index (Phi) is 3.40. The van der Waals surface area contributed by atoms with Gasteiger partial charge in [-0.25, -0.2) is 0 Å². The van der Waals surface area contributed by atoms with E-state index in [9.17, 15) is 13.6 Å². The highest BCUT2D eigenvalue weighted by molar-refractivity contribution is 6.21. The number of nitrogens with zero attached hydrogens (tertiary/aromatic N) is 2. The molecule has 116 valence electrons. The van der Waals surface area contributed by atoms with Gasteiger partial charge in [-0.15, -0.1) is 0 Å². The van der Waals surface area contributed by atoms with Crippen LogP contribution in [0.25, 0.3) is 11.4 Å². The lowest BCUT2D eigenvalue weighted by atomic mass is 10.1. The fraction of sp³-hybridized carbons (Fsp3) is 0.357. The predicted octanol–water partition coefficient (Wildman–Crippen LogP) is 3.31. The Morgan fingerprint density at radius 3 is 2.50 bits per heavy atom. The molecule has 0 atom stereocenters. The van der Waals surface area contributed by atoms with Crippen LogP contribution in [0.15, 0.2) is 28.8 Å². The third-order valence-electron chi connectivity index (χ3n) is 3.49. The maximum atomic E-state index is 12.8. The largest absolute Gasteiger partial charge is 0.400 e. The molecule has 1 amide bonds. The number of carbonyl (C=O) groups is 1. The molecule has 1 aliphatic carbocycles. The van der Waals surface area contributed by atoms with Crippen molar-refractivity contribution in [1.29, 1.82) is 0 Å². The second-order valence-electron chi connectivity index (χ2n) is 5.51. The van der Waals surface area contributed by atoms with Crippen molar-refractivity contribution < 1.29 is 18.1 Å². The Bertz CT molecular complexity index is 706. The highest BCUT2D eigenvalue weighted by atomic mass is 35.5. The minimum absolute atomic E-state index is 0.0172. The molecule has 0 unspecified atom stereocenters. The molecule has 1 heterocycles. The van der Waals surface area contributed by atoms with Crippen LogP contribution in [-0.2, 0) is 5.38 Å². The summed E-state index contributed by atoms with van der Waals surface area (Å²) in [4.78, 5) is 15.5. The molecule has 0 radical (unpaired) electrons. The zero-order valence-corrected chi connectivity index (χ0v) is 12.3. The van der Waals surface area contributed by atoms with E-state index in [0.717, 1.165) is 12.8 Å². The van der Waals surface area contributed by atoms with Crippen LogP contribution >= 0.6 is 11.6 Å². The number of nitrogens with one attached hydrogen (secondary N) is 1. The maximum absolute atomic E-state index is 12.8. The lowest BCUT2D eigenvalue weighted by Gasteiger charge is -2.11. The quantitative estimate of drug-likeness (QED) is 0.875. The number of alkyl halides is 3. The van der Waals surface area contributed by atoms with Gasteiger partial charge in [0.05, 0.1) is 0 Å². The van der Waals surface area contributed by atoms with E-state index in [1.165, 1.54) is 0 Å². The summed E-state index contributed by atoms with van der Waals surface area (Å²) in [7, 11) is 0. The van der Waals surface area contributed by atoms with Crippen LogP contribution in [0.2, 0.25) is 0 Å². The Balaban J connectivity index is 1.76. The van der Waals surface area contributed by atoms with Gasteiger partial charge < -0.3 is 9.84 Å². The lowest BCUT2D eigenvalue weighted by molar-refractivity contribution is 0.0551. The smallest absolute Gasteiger partial charge is 0.347 e. The third kappa shape index (κ3) is 3.09. The van der Waals surface area contributed by atoms with Crippen molar-refractivity contribution >= 4 is 17.5 Å². The summed E-state index contributed by atoms with van der Waals surface area (Å²) in [5, 5.41) is 2.67. The van der Waals surface area contributed by atoms with E-state index in [2.05, 4.69) is 20.0 Å². The Labute approximate surface area is 129 Å². The van der Waals surface area contributed by atoms with Gasteiger partial charge in [0.1, 0.15) is 0 Å². The Hall–Kier alpha value is -2.02. The SMILES string of the molecule is CC1(NC(=O)c2ccc(-c3noc(C(F)(F)Cl)n3)cc2)CC1. The Morgan fingerprint density at radius 2 is 2.00 bits per heavy atom. The number of benzene rings is 1. The van der Waals surface area contributed by atoms with Crippen LogP contribution in [0.5, 0.6) is 0 Å².